The molecule has 0 saturated carbocycles. The normalized spacial score (nSPS) is 15.0. The van der Waals surface area contributed by atoms with Gasteiger partial charge in [-0.25, -0.2) is 0 Å². The molecule has 0 fully saturated rings. The molecule has 1 heteroatoms. The topological polar surface area (TPSA) is 0 Å². The summed E-state index contributed by atoms with van der Waals surface area (Å²) in [5, 5.41) is 0.347. The summed E-state index contributed by atoms with van der Waals surface area (Å²) in [6.45, 7) is 6.39. The van der Waals surface area contributed by atoms with Gasteiger partial charge in [0.1, 0.15) is 0 Å². The molecule has 0 saturated heterocycles. The van der Waals surface area contributed by atoms with E-state index in [1.165, 1.54) is 0 Å². The number of rotatable bonds is 2. The lowest BCUT2D eigenvalue weighted by Crippen LogP contribution is -1.96. The van der Waals surface area contributed by atoms with Crippen molar-refractivity contribution in [1.29, 1.82) is 0 Å². The van der Waals surface area contributed by atoms with Gasteiger partial charge in [-0.15, -0.1) is 11.6 Å². The predicted molar refractivity (Wildman–Crippen MR) is 34.8 cm³/mol. The van der Waals surface area contributed by atoms with Gasteiger partial charge in [0.05, 0.1) is 0 Å². The van der Waals surface area contributed by atoms with Crippen LogP contribution in [0.15, 0.2) is 0 Å². The second-order valence-corrected chi connectivity index (χ2v) is 3.16. The molecule has 0 spiro atoms. The molecule has 44 valence electrons. The molecule has 0 aromatic carbocycles. The van der Waals surface area contributed by atoms with Crippen LogP contribution in [-0.4, -0.2) is 5.38 Å². The molecule has 0 aliphatic rings. The van der Waals surface area contributed by atoms with E-state index in [9.17, 15) is 0 Å². The molecule has 0 amide bonds. The molecule has 0 N–H and O–H groups in total. The molecule has 1 unspecified atom stereocenters. The van der Waals surface area contributed by atoms with Crippen LogP contribution in [0.4, 0.5) is 0 Å². The van der Waals surface area contributed by atoms with E-state index in [4.69, 9.17) is 11.6 Å². The fourth-order valence-corrected chi connectivity index (χ4v) is 1.01. The quantitative estimate of drug-likeness (QED) is 0.492. The Morgan fingerprint density at radius 3 is 1.71 bits per heavy atom. The summed E-state index contributed by atoms with van der Waals surface area (Å²) in [5.41, 5.74) is 0. The minimum absolute atomic E-state index is 0.347. The summed E-state index contributed by atoms with van der Waals surface area (Å²) in [7, 11) is 0. The minimum atomic E-state index is 0.347. The van der Waals surface area contributed by atoms with Crippen LogP contribution in [0.5, 0.6) is 0 Å². The first-order valence-electron chi connectivity index (χ1n) is 2.77. The highest BCUT2D eigenvalue weighted by Gasteiger charge is 1.97. The van der Waals surface area contributed by atoms with Gasteiger partial charge in [-0.1, -0.05) is 13.8 Å². The molecule has 0 heterocycles. The average molecular weight is 121 g/mol. The van der Waals surface area contributed by atoms with E-state index in [0.717, 1.165) is 12.3 Å². The Balaban J connectivity index is 2.95. The van der Waals surface area contributed by atoms with E-state index in [1.54, 1.807) is 0 Å². The van der Waals surface area contributed by atoms with Crippen molar-refractivity contribution in [3.05, 3.63) is 0 Å². The first-order valence-corrected chi connectivity index (χ1v) is 3.20. The van der Waals surface area contributed by atoms with Crippen molar-refractivity contribution in [1.82, 2.24) is 0 Å². The first kappa shape index (κ1) is 7.29. The molecule has 0 aliphatic carbocycles. The Hall–Kier alpha value is 0.290. The summed E-state index contributed by atoms with van der Waals surface area (Å²) in [5.74, 6) is 0.743. The smallest absolute Gasteiger partial charge is 0.0310 e. The van der Waals surface area contributed by atoms with Gasteiger partial charge in [0, 0.05) is 5.38 Å². The van der Waals surface area contributed by atoms with Gasteiger partial charge in [0.15, 0.2) is 0 Å². The molecule has 0 radical (unpaired) electrons. The van der Waals surface area contributed by atoms with Gasteiger partial charge in [0.2, 0.25) is 0 Å². The van der Waals surface area contributed by atoms with Crippen molar-refractivity contribution in [3.63, 3.8) is 0 Å². The second kappa shape index (κ2) is 3.31. The van der Waals surface area contributed by atoms with E-state index >= 15 is 0 Å². The molecule has 0 bridgehead atoms. The fourth-order valence-electron chi connectivity index (χ4n) is 0.650. The Labute approximate surface area is 50.9 Å². The van der Waals surface area contributed by atoms with Crippen molar-refractivity contribution in [2.75, 3.05) is 0 Å². The highest BCUT2D eigenvalue weighted by atomic mass is 35.5. The number of hydrogen-bond donors (Lipinski definition) is 0. The van der Waals surface area contributed by atoms with Gasteiger partial charge in [0.25, 0.3) is 0 Å². The summed E-state index contributed by atoms with van der Waals surface area (Å²) >= 11 is 5.67. The van der Waals surface area contributed by atoms with Crippen molar-refractivity contribution in [2.45, 2.75) is 32.6 Å². The highest BCUT2D eigenvalue weighted by Crippen LogP contribution is 2.08. The van der Waals surface area contributed by atoms with Crippen LogP contribution in [0.1, 0.15) is 27.2 Å². The Morgan fingerprint density at radius 1 is 1.29 bits per heavy atom. The molecule has 0 aromatic rings. The lowest BCUT2D eigenvalue weighted by Gasteiger charge is -2.03. The Kier molecular flexibility index (Phi) is 3.45. The lowest BCUT2D eigenvalue weighted by atomic mass is 10.1. The SMILES string of the molecule is CC(C)CC(C)Cl. The van der Waals surface area contributed by atoms with E-state index in [2.05, 4.69) is 13.8 Å². The summed E-state index contributed by atoms with van der Waals surface area (Å²) in [6, 6.07) is 0. The Morgan fingerprint density at radius 2 is 1.71 bits per heavy atom. The van der Waals surface area contributed by atoms with Crippen molar-refractivity contribution >= 4 is 11.6 Å². The largest absolute Gasteiger partial charge is 0.123 e. The molecular weight excluding hydrogens is 108 g/mol. The first-order chi connectivity index (χ1) is 3.13. The molecule has 0 rings (SSSR count). The minimum Gasteiger partial charge on any atom is -0.123 e. The summed E-state index contributed by atoms with van der Waals surface area (Å²) in [4.78, 5) is 0. The van der Waals surface area contributed by atoms with Crippen LogP contribution >= 0.6 is 11.6 Å². The molecular formula is C6H13Cl. The van der Waals surface area contributed by atoms with E-state index < -0.39 is 0 Å². The fraction of sp³-hybridized carbons (Fsp3) is 1.00. The van der Waals surface area contributed by atoms with Crippen LogP contribution in [0.2, 0.25) is 0 Å². The maximum Gasteiger partial charge on any atom is 0.0310 e. The third-order valence-corrected chi connectivity index (χ3v) is 0.974. The van der Waals surface area contributed by atoms with Crippen LogP contribution in [-0.2, 0) is 0 Å². The van der Waals surface area contributed by atoms with Gasteiger partial charge in [-0.2, -0.15) is 0 Å². The number of hydrogen-bond acceptors (Lipinski definition) is 0. The zero-order valence-corrected chi connectivity index (χ0v) is 6.00. The average Bonchev–Trinajstić information content (AvgIpc) is 1.27. The monoisotopic (exact) mass is 120 g/mol. The van der Waals surface area contributed by atoms with E-state index in [1.807, 2.05) is 6.92 Å². The zero-order chi connectivity index (χ0) is 5.86. The molecule has 0 aliphatic heterocycles. The van der Waals surface area contributed by atoms with Crippen LogP contribution in [0.3, 0.4) is 0 Å². The number of halogens is 1. The molecule has 0 nitrogen and oxygen atoms in total. The van der Waals surface area contributed by atoms with Gasteiger partial charge >= 0.3 is 0 Å². The van der Waals surface area contributed by atoms with Crippen LogP contribution in [0.25, 0.3) is 0 Å². The third kappa shape index (κ3) is 6.29. The summed E-state index contributed by atoms with van der Waals surface area (Å²) in [6.07, 6.45) is 1.13. The van der Waals surface area contributed by atoms with Crippen molar-refractivity contribution < 1.29 is 0 Å². The molecule has 7 heavy (non-hydrogen) atoms. The maximum atomic E-state index is 5.67. The predicted octanol–water partition coefficient (Wildman–Crippen LogP) is 2.66. The second-order valence-electron chi connectivity index (χ2n) is 2.41. The Bertz CT molecular complexity index is 33.4. The molecule has 1 atom stereocenters. The van der Waals surface area contributed by atoms with Crippen molar-refractivity contribution in [3.8, 4) is 0 Å². The van der Waals surface area contributed by atoms with E-state index in [-0.39, 0.29) is 0 Å². The standard InChI is InChI=1S/C6H13Cl/c1-5(2)4-6(3)7/h5-6H,4H2,1-3H3. The van der Waals surface area contributed by atoms with Gasteiger partial charge in [-0.05, 0) is 19.3 Å². The molecule has 0 aromatic heterocycles. The highest BCUT2D eigenvalue weighted by molar-refractivity contribution is 6.20. The van der Waals surface area contributed by atoms with E-state index in [0.29, 0.717) is 5.38 Å². The van der Waals surface area contributed by atoms with Gasteiger partial charge in [-0.3, -0.25) is 0 Å². The number of alkyl halides is 1. The maximum absolute atomic E-state index is 5.67. The van der Waals surface area contributed by atoms with Gasteiger partial charge < -0.3 is 0 Å². The summed E-state index contributed by atoms with van der Waals surface area (Å²) < 4.78 is 0. The van der Waals surface area contributed by atoms with Crippen LogP contribution in [0, 0.1) is 5.92 Å². The van der Waals surface area contributed by atoms with Crippen molar-refractivity contribution in [2.24, 2.45) is 5.92 Å². The van der Waals surface area contributed by atoms with Crippen LogP contribution < -0.4 is 0 Å². The zero-order valence-electron chi connectivity index (χ0n) is 5.24. The lowest BCUT2D eigenvalue weighted by molar-refractivity contribution is 0.581. The third-order valence-electron chi connectivity index (χ3n) is 0.796.